The Balaban J connectivity index is 2.53. The van der Waals surface area contributed by atoms with Crippen LogP contribution in [-0.4, -0.2) is 30.3 Å². The summed E-state index contributed by atoms with van der Waals surface area (Å²) < 4.78 is 10.1. The Bertz CT molecular complexity index is 536. The van der Waals surface area contributed by atoms with E-state index in [4.69, 9.17) is 9.47 Å². The van der Waals surface area contributed by atoms with Crippen LogP contribution >= 0.6 is 0 Å². The van der Waals surface area contributed by atoms with Crippen LogP contribution in [0.2, 0.25) is 0 Å². The van der Waals surface area contributed by atoms with Crippen molar-refractivity contribution in [1.29, 1.82) is 0 Å². The molecule has 0 fully saturated rings. The van der Waals surface area contributed by atoms with Crippen LogP contribution < -0.4 is 10.1 Å². The highest BCUT2D eigenvalue weighted by Crippen LogP contribution is 2.10. The number of ether oxygens (including phenoxy) is 2. The summed E-state index contributed by atoms with van der Waals surface area (Å²) in [4.78, 5) is 15.6. The van der Waals surface area contributed by atoms with Crippen LogP contribution in [0.25, 0.3) is 0 Å². The molecule has 1 aromatic rings. The molecule has 5 nitrogen and oxygen atoms in total. The summed E-state index contributed by atoms with van der Waals surface area (Å²) >= 11 is 0. The number of nitrogens with zero attached hydrogens (tertiary/aromatic N) is 1. The van der Waals surface area contributed by atoms with Gasteiger partial charge in [0, 0.05) is 11.6 Å². The largest absolute Gasteiger partial charge is 0.481 e. The SMILES string of the molecule is COc1ccc(C#CCNC(=O)OC(C)(C)C)c(C)n1. The van der Waals surface area contributed by atoms with Gasteiger partial charge in [-0.2, -0.15) is 0 Å². The molecule has 0 atom stereocenters. The van der Waals surface area contributed by atoms with Crippen molar-refractivity contribution in [3.05, 3.63) is 23.4 Å². The van der Waals surface area contributed by atoms with Crippen molar-refractivity contribution in [3.8, 4) is 17.7 Å². The monoisotopic (exact) mass is 276 g/mol. The molecule has 0 spiro atoms. The molecule has 0 aromatic carbocycles. The quantitative estimate of drug-likeness (QED) is 0.842. The van der Waals surface area contributed by atoms with Gasteiger partial charge in [-0.25, -0.2) is 9.78 Å². The fraction of sp³-hybridized carbons (Fsp3) is 0.467. The molecule has 0 bridgehead atoms. The summed E-state index contributed by atoms with van der Waals surface area (Å²) in [7, 11) is 1.57. The second-order valence-electron chi connectivity index (χ2n) is 5.14. The molecule has 1 N–H and O–H groups in total. The number of rotatable bonds is 2. The molecule has 1 heterocycles. The minimum atomic E-state index is -0.506. The molecule has 5 heteroatoms. The zero-order valence-electron chi connectivity index (χ0n) is 12.5. The zero-order valence-corrected chi connectivity index (χ0v) is 12.5. The highest BCUT2D eigenvalue weighted by Gasteiger charge is 2.14. The van der Waals surface area contributed by atoms with Crippen molar-refractivity contribution >= 4 is 6.09 Å². The van der Waals surface area contributed by atoms with Gasteiger partial charge < -0.3 is 14.8 Å². The lowest BCUT2D eigenvalue weighted by molar-refractivity contribution is 0.0535. The van der Waals surface area contributed by atoms with E-state index in [1.807, 2.05) is 33.8 Å². The number of aromatic nitrogens is 1. The number of pyridine rings is 1. The molecule has 0 radical (unpaired) electrons. The summed E-state index contributed by atoms with van der Waals surface area (Å²) in [6, 6.07) is 3.58. The van der Waals surface area contributed by atoms with Gasteiger partial charge in [0.05, 0.1) is 19.3 Å². The summed E-state index contributed by atoms with van der Waals surface area (Å²) in [6.07, 6.45) is -0.476. The first-order valence-electron chi connectivity index (χ1n) is 6.29. The minimum absolute atomic E-state index is 0.223. The van der Waals surface area contributed by atoms with Crippen molar-refractivity contribution in [2.24, 2.45) is 0 Å². The van der Waals surface area contributed by atoms with Gasteiger partial charge in [-0.3, -0.25) is 0 Å². The van der Waals surface area contributed by atoms with Crippen LogP contribution in [0.5, 0.6) is 5.88 Å². The van der Waals surface area contributed by atoms with Gasteiger partial charge in [0.2, 0.25) is 5.88 Å². The normalized spacial score (nSPS) is 10.2. The van der Waals surface area contributed by atoms with Gasteiger partial charge in [-0.05, 0) is 33.8 Å². The maximum Gasteiger partial charge on any atom is 0.408 e. The van der Waals surface area contributed by atoms with E-state index < -0.39 is 11.7 Å². The highest BCUT2D eigenvalue weighted by molar-refractivity contribution is 5.68. The summed E-state index contributed by atoms with van der Waals surface area (Å²) in [5.41, 5.74) is 1.08. The number of hydrogen-bond acceptors (Lipinski definition) is 4. The van der Waals surface area contributed by atoms with E-state index in [0.717, 1.165) is 11.3 Å². The number of carbonyl (C=O) groups is 1. The average molecular weight is 276 g/mol. The first-order valence-corrected chi connectivity index (χ1v) is 6.29. The van der Waals surface area contributed by atoms with Crippen LogP contribution in [0.4, 0.5) is 4.79 Å². The van der Waals surface area contributed by atoms with Crippen molar-refractivity contribution in [1.82, 2.24) is 10.3 Å². The lowest BCUT2D eigenvalue weighted by atomic mass is 10.2. The van der Waals surface area contributed by atoms with Gasteiger partial charge in [0.1, 0.15) is 5.60 Å². The molecule has 0 aliphatic heterocycles. The molecule has 0 saturated carbocycles. The van der Waals surface area contributed by atoms with Crippen molar-refractivity contribution in [3.63, 3.8) is 0 Å². The predicted octanol–water partition coefficient (Wildman–Crippen LogP) is 2.27. The first-order chi connectivity index (χ1) is 9.31. The lowest BCUT2D eigenvalue weighted by Gasteiger charge is -2.19. The third kappa shape index (κ3) is 5.61. The molecule has 108 valence electrons. The number of alkyl carbamates (subject to hydrolysis) is 1. The third-order valence-electron chi connectivity index (χ3n) is 2.21. The summed E-state index contributed by atoms with van der Waals surface area (Å²) in [5.74, 6) is 6.35. The molecule has 0 saturated heterocycles. The van der Waals surface area contributed by atoms with E-state index in [1.165, 1.54) is 0 Å². The van der Waals surface area contributed by atoms with Crippen molar-refractivity contribution < 1.29 is 14.3 Å². The minimum Gasteiger partial charge on any atom is -0.481 e. The number of methoxy groups -OCH3 is 1. The molecule has 1 amide bonds. The molecule has 0 aliphatic carbocycles. The van der Waals surface area contributed by atoms with Crippen molar-refractivity contribution in [2.45, 2.75) is 33.3 Å². The van der Waals surface area contributed by atoms with Crippen LogP contribution in [0.15, 0.2) is 12.1 Å². The number of aryl methyl sites for hydroxylation is 1. The van der Waals surface area contributed by atoms with E-state index in [2.05, 4.69) is 22.1 Å². The van der Waals surface area contributed by atoms with Crippen LogP contribution in [0, 0.1) is 18.8 Å². The Kier molecular flexibility index (Phi) is 5.39. The summed E-state index contributed by atoms with van der Waals surface area (Å²) in [5, 5.41) is 2.57. The standard InChI is InChI=1S/C15H20N2O3/c1-11-12(8-9-13(17-11)19-5)7-6-10-16-14(18)20-15(2,3)4/h8-9H,10H2,1-5H3,(H,16,18). The van der Waals surface area contributed by atoms with Crippen LogP contribution in [0.1, 0.15) is 32.0 Å². The number of nitrogens with one attached hydrogen (secondary N) is 1. The van der Waals surface area contributed by atoms with Crippen LogP contribution in [0.3, 0.4) is 0 Å². The molecule has 1 aromatic heterocycles. The number of hydrogen-bond donors (Lipinski definition) is 1. The van der Waals surface area contributed by atoms with Gasteiger partial charge in [-0.1, -0.05) is 11.8 Å². The highest BCUT2D eigenvalue weighted by atomic mass is 16.6. The van der Waals surface area contributed by atoms with Crippen molar-refractivity contribution in [2.75, 3.05) is 13.7 Å². The number of carbonyl (C=O) groups excluding carboxylic acids is 1. The lowest BCUT2D eigenvalue weighted by Crippen LogP contribution is -2.32. The topological polar surface area (TPSA) is 60.5 Å². The van der Waals surface area contributed by atoms with E-state index in [-0.39, 0.29) is 6.54 Å². The van der Waals surface area contributed by atoms with E-state index >= 15 is 0 Å². The maximum atomic E-state index is 11.4. The fourth-order valence-electron chi connectivity index (χ4n) is 1.35. The second kappa shape index (κ2) is 6.80. The average Bonchev–Trinajstić information content (AvgIpc) is 2.33. The fourth-order valence-corrected chi connectivity index (χ4v) is 1.35. The Labute approximate surface area is 119 Å². The van der Waals surface area contributed by atoms with E-state index in [9.17, 15) is 4.79 Å². The Morgan fingerprint density at radius 1 is 1.40 bits per heavy atom. The van der Waals surface area contributed by atoms with Gasteiger partial charge in [0.25, 0.3) is 0 Å². The van der Waals surface area contributed by atoms with Gasteiger partial charge >= 0.3 is 6.09 Å². The molecular formula is C15H20N2O3. The summed E-state index contributed by atoms with van der Waals surface area (Å²) in [6.45, 7) is 7.51. The number of amides is 1. The maximum absolute atomic E-state index is 11.4. The Morgan fingerprint density at radius 2 is 2.10 bits per heavy atom. The third-order valence-corrected chi connectivity index (χ3v) is 2.21. The predicted molar refractivity (Wildman–Crippen MR) is 76.6 cm³/mol. The Morgan fingerprint density at radius 3 is 2.65 bits per heavy atom. The molecule has 0 unspecified atom stereocenters. The molecule has 20 heavy (non-hydrogen) atoms. The van der Waals surface area contributed by atoms with E-state index in [1.54, 1.807) is 13.2 Å². The van der Waals surface area contributed by atoms with E-state index in [0.29, 0.717) is 5.88 Å². The Hall–Kier alpha value is -2.22. The zero-order chi connectivity index (χ0) is 15.2. The first kappa shape index (κ1) is 15.8. The second-order valence-corrected chi connectivity index (χ2v) is 5.14. The molecule has 1 rings (SSSR count). The molecule has 0 aliphatic rings. The van der Waals surface area contributed by atoms with Gasteiger partial charge in [-0.15, -0.1) is 0 Å². The van der Waals surface area contributed by atoms with Gasteiger partial charge in [0.15, 0.2) is 0 Å². The smallest absolute Gasteiger partial charge is 0.408 e. The van der Waals surface area contributed by atoms with Crippen LogP contribution in [-0.2, 0) is 4.74 Å². The molecular weight excluding hydrogens is 256 g/mol.